The fraction of sp³-hybridized carbons (Fsp3) is 0.600. The molecule has 0 aromatic heterocycles. The Morgan fingerprint density at radius 2 is 2.14 bits per heavy atom. The van der Waals surface area contributed by atoms with Crippen LogP contribution >= 0.6 is 0 Å². The van der Waals surface area contributed by atoms with Gasteiger partial charge in [0, 0.05) is 25.3 Å². The number of anilines is 1. The highest BCUT2D eigenvalue weighted by molar-refractivity contribution is 7.89. The molecular weight excluding hydrogens is 286 g/mol. The molecule has 1 unspecified atom stereocenters. The van der Waals surface area contributed by atoms with E-state index in [9.17, 15) is 8.42 Å². The van der Waals surface area contributed by atoms with Crippen LogP contribution in [0.3, 0.4) is 0 Å². The number of likely N-dealkylation sites (tertiary alicyclic amines) is 1. The summed E-state index contributed by atoms with van der Waals surface area (Å²) in [5, 5.41) is 0. The second-order valence-electron chi connectivity index (χ2n) is 5.79. The second kappa shape index (κ2) is 6.34. The van der Waals surface area contributed by atoms with E-state index >= 15 is 0 Å². The van der Waals surface area contributed by atoms with Crippen LogP contribution in [-0.2, 0) is 16.4 Å². The van der Waals surface area contributed by atoms with Gasteiger partial charge in [0.15, 0.2) is 0 Å². The fourth-order valence-electron chi connectivity index (χ4n) is 2.85. The lowest BCUT2D eigenvalue weighted by Gasteiger charge is -2.35. The first-order chi connectivity index (χ1) is 9.86. The van der Waals surface area contributed by atoms with E-state index in [-0.39, 0.29) is 10.9 Å². The molecule has 0 aliphatic carbocycles. The largest absolute Gasteiger partial charge is 0.398 e. The first kappa shape index (κ1) is 16.3. The molecule has 6 heteroatoms. The molecule has 1 aromatic rings. The van der Waals surface area contributed by atoms with Crippen molar-refractivity contribution in [2.75, 3.05) is 32.9 Å². The van der Waals surface area contributed by atoms with E-state index in [0.29, 0.717) is 5.69 Å². The lowest BCUT2D eigenvalue weighted by molar-refractivity contribution is 0.187. The SMILES string of the molecule is CCc1ccc(S(=O)(=O)N(C)C2CCCN(C)C2)cc1N. The van der Waals surface area contributed by atoms with Crippen molar-refractivity contribution in [3.05, 3.63) is 23.8 Å². The lowest BCUT2D eigenvalue weighted by atomic mass is 10.1. The number of nitrogens with two attached hydrogens (primary N) is 1. The number of hydrogen-bond acceptors (Lipinski definition) is 4. The minimum absolute atomic E-state index is 0.0285. The van der Waals surface area contributed by atoms with Crippen LogP contribution in [0.25, 0.3) is 0 Å². The minimum Gasteiger partial charge on any atom is -0.398 e. The minimum atomic E-state index is -3.48. The summed E-state index contributed by atoms with van der Waals surface area (Å²) < 4.78 is 27.0. The van der Waals surface area contributed by atoms with E-state index in [1.807, 2.05) is 20.0 Å². The van der Waals surface area contributed by atoms with Gasteiger partial charge in [-0.05, 0) is 50.6 Å². The molecule has 0 radical (unpaired) electrons. The van der Waals surface area contributed by atoms with Crippen LogP contribution in [0.15, 0.2) is 23.1 Å². The number of rotatable bonds is 4. The van der Waals surface area contributed by atoms with Gasteiger partial charge in [-0.25, -0.2) is 8.42 Å². The Balaban J connectivity index is 2.26. The average molecular weight is 311 g/mol. The van der Waals surface area contributed by atoms with E-state index in [1.165, 1.54) is 4.31 Å². The van der Waals surface area contributed by atoms with Gasteiger partial charge in [0.1, 0.15) is 0 Å². The fourth-order valence-corrected chi connectivity index (χ4v) is 4.27. The number of nitrogen functional groups attached to an aromatic ring is 1. The standard InChI is InChI=1S/C15H25N3O2S/c1-4-12-7-8-14(10-15(12)16)21(19,20)18(3)13-6-5-9-17(2)11-13/h7-8,10,13H,4-6,9,11,16H2,1-3H3. The van der Waals surface area contributed by atoms with Gasteiger partial charge in [-0.2, -0.15) is 4.31 Å². The van der Waals surface area contributed by atoms with E-state index < -0.39 is 10.0 Å². The molecule has 118 valence electrons. The summed E-state index contributed by atoms with van der Waals surface area (Å²) >= 11 is 0. The van der Waals surface area contributed by atoms with Gasteiger partial charge >= 0.3 is 0 Å². The zero-order chi connectivity index (χ0) is 15.6. The third kappa shape index (κ3) is 3.39. The Morgan fingerprint density at radius 3 is 2.71 bits per heavy atom. The third-order valence-electron chi connectivity index (χ3n) is 4.29. The van der Waals surface area contributed by atoms with Crippen LogP contribution < -0.4 is 5.73 Å². The maximum atomic E-state index is 12.7. The zero-order valence-electron chi connectivity index (χ0n) is 13.0. The molecule has 1 saturated heterocycles. The van der Waals surface area contributed by atoms with Crippen molar-refractivity contribution >= 4 is 15.7 Å². The van der Waals surface area contributed by atoms with Crippen molar-refractivity contribution in [2.24, 2.45) is 0 Å². The Hall–Kier alpha value is -1.11. The summed E-state index contributed by atoms with van der Waals surface area (Å²) in [5.74, 6) is 0. The summed E-state index contributed by atoms with van der Waals surface area (Å²) in [4.78, 5) is 2.46. The molecule has 1 aliphatic heterocycles. The first-order valence-corrected chi connectivity index (χ1v) is 8.85. The molecule has 2 rings (SSSR count). The van der Waals surface area contributed by atoms with Crippen molar-refractivity contribution in [2.45, 2.75) is 37.1 Å². The molecule has 0 bridgehead atoms. The predicted octanol–water partition coefficient (Wildman–Crippen LogP) is 1.55. The second-order valence-corrected chi connectivity index (χ2v) is 7.79. The van der Waals surface area contributed by atoms with E-state index in [4.69, 9.17) is 5.73 Å². The number of piperidine rings is 1. The predicted molar refractivity (Wildman–Crippen MR) is 85.7 cm³/mol. The summed E-state index contributed by atoms with van der Waals surface area (Å²) in [5.41, 5.74) is 7.47. The molecule has 0 spiro atoms. The normalized spacial score (nSPS) is 20.9. The van der Waals surface area contributed by atoms with Gasteiger partial charge in [0.25, 0.3) is 0 Å². The topological polar surface area (TPSA) is 66.6 Å². The maximum absolute atomic E-state index is 12.7. The van der Waals surface area contributed by atoms with Crippen LogP contribution in [0.1, 0.15) is 25.3 Å². The number of nitrogens with zero attached hydrogens (tertiary/aromatic N) is 2. The van der Waals surface area contributed by atoms with Crippen molar-refractivity contribution < 1.29 is 8.42 Å². The molecule has 1 heterocycles. The summed E-state index contributed by atoms with van der Waals surface area (Å²) in [6, 6.07) is 5.08. The van der Waals surface area contributed by atoms with Crippen molar-refractivity contribution in [3.63, 3.8) is 0 Å². The van der Waals surface area contributed by atoms with Crippen LogP contribution in [0.4, 0.5) is 5.69 Å². The highest BCUT2D eigenvalue weighted by Crippen LogP contribution is 2.24. The van der Waals surface area contributed by atoms with Crippen LogP contribution in [0, 0.1) is 0 Å². The zero-order valence-corrected chi connectivity index (χ0v) is 13.9. The van der Waals surface area contributed by atoms with Crippen molar-refractivity contribution in [1.29, 1.82) is 0 Å². The molecule has 21 heavy (non-hydrogen) atoms. The highest BCUT2D eigenvalue weighted by Gasteiger charge is 2.30. The number of hydrogen-bond donors (Lipinski definition) is 1. The molecule has 1 aromatic carbocycles. The summed E-state index contributed by atoms with van der Waals surface area (Å²) in [6.45, 7) is 3.81. The Kier molecular flexibility index (Phi) is 4.91. The van der Waals surface area contributed by atoms with E-state index in [2.05, 4.69) is 4.90 Å². The molecule has 1 fully saturated rings. The molecular formula is C15H25N3O2S. The van der Waals surface area contributed by atoms with Crippen molar-refractivity contribution in [3.8, 4) is 0 Å². The third-order valence-corrected chi connectivity index (χ3v) is 6.20. The number of likely N-dealkylation sites (N-methyl/N-ethyl adjacent to an activating group) is 2. The molecule has 1 atom stereocenters. The van der Waals surface area contributed by atoms with Gasteiger partial charge in [-0.15, -0.1) is 0 Å². The van der Waals surface area contributed by atoms with Gasteiger partial charge in [-0.1, -0.05) is 13.0 Å². The van der Waals surface area contributed by atoms with Gasteiger partial charge in [-0.3, -0.25) is 0 Å². The maximum Gasteiger partial charge on any atom is 0.243 e. The van der Waals surface area contributed by atoms with Crippen LogP contribution in [-0.4, -0.2) is 50.8 Å². The van der Waals surface area contributed by atoms with Gasteiger partial charge in [0.2, 0.25) is 10.0 Å². The molecule has 0 amide bonds. The molecule has 1 aliphatic rings. The number of benzene rings is 1. The molecule has 0 saturated carbocycles. The summed E-state index contributed by atoms with van der Waals surface area (Å²) in [6.07, 6.45) is 2.73. The van der Waals surface area contributed by atoms with Crippen molar-refractivity contribution in [1.82, 2.24) is 9.21 Å². The molecule has 2 N–H and O–H groups in total. The van der Waals surface area contributed by atoms with Gasteiger partial charge < -0.3 is 10.6 Å². The van der Waals surface area contributed by atoms with Crippen LogP contribution in [0.5, 0.6) is 0 Å². The van der Waals surface area contributed by atoms with E-state index in [0.717, 1.165) is 37.9 Å². The quantitative estimate of drug-likeness (QED) is 0.857. The first-order valence-electron chi connectivity index (χ1n) is 7.41. The van der Waals surface area contributed by atoms with Crippen LogP contribution in [0.2, 0.25) is 0 Å². The average Bonchev–Trinajstić information content (AvgIpc) is 2.46. The highest BCUT2D eigenvalue weighted by atomic mass is 32.2. The lowest BCUT2D eigenvalue weighted by Crippen LogP contribution is -2.47. The van der Waals surface area contributed by atoms with Gasteiger partial charge in [0.05, 0.1) is 4.90 Å². The monoisotopic (exact) mass is 311 g/mol. The smallest absolute Gasteiger partial charge is 0.243 e. The Labute approximate surface area is 127 Å². The van der Waals surface area contributed by atoms with E-state index in [1.54, 1.807) is 19.2 Å². The Bertz CT molecular complexity index is 601. The number of sulfonamides is 1. The number of aryl methyl sites for hydroxylation is 1. The Morgan fingerprint density at radius 1 is 1.43 bits per heavy atom. The molecule has 5 nitrogen and oxygen atoms in total. The summed E-state index contributed by atoms with van der Waals surface area (Å²) in [7, 11) is 0.215.